The molecule has 1 heterocycles. The summed E-state index contributed by atoms with van der Waals surface area (Å²) in [5.74, 6) is 0. The number of hydrogen-bond acceptors (Lipinski definition) is 1. The number of aliphatic hydroxyl groups excluding tert-OH is 1. The molecular weight excluding hydrogens is 270 g/mol. The summed E-state index contributed by atoms with van der Waals surface area (Å²) in [6.45, 7) is 2.44. The van der Waals surface area contributed by atoms with Crippen LogP contribution in [-0.4, -0.2) is 11.7 Å². The number of nitrogens with zero attached hydrogens (tertiary/aromatic N) is 1. The second-order valence-electron chi connectivity index (χ2n) is 6.01. The maximum atomic E-state index is 9.70. The summed E-state index contributed by atoms with van der Waals surface area (Å²) in [7, 11) is 0. The number of unbranched alkanes of at least 4 members (excludes halogenated alkanes) is 3. The van der Waals surface area contributed by atoms with Gasteiger partial charge in [-0.3, -0.25) is 0 Å². The Morgan fingerprint density at radius 2 is 1.73 bits per heavy atom. The summed E-state index contributed by atoms with van der Waals surface area (Å²) in [6.07, 6.45) is 11.3. The zero-order chi connectivity index (χ0) is 15.6. The van der Waals surface area contributed by atoms with Crippen LogP contribution in [0.5, 0.6) is 0 Å². The van der Waals surface area contributed by atoms with Crippen molar-refractivity contribution in [3.05, 3.63) is 66.0 Å². The first-order chi connectivity index (χ1) is 10.8. The molecule has 2 rings (SSSR count). The van der Waals surface area contributed by atoms with Crippen molar-refractivity contribution >= 4 is 0 Å². The van der Waals surface area contributed by atoms with E-state index in [1.165, 1.54) is 36.8 Å². The highest BCUT2D eigenvalue weighted by molar-refractivity contribution is 5.22. The summed E-state index contributed by atoms with van der Waals surface area (Å²) in [5, 5.41) is 9.70. The summed E-state index contributed by atoms with van der Waals surface area (Å²) >= 11 is 0. The van der Waals surface area contributed by atoms with E-state index in [-0.39, 0.29) is 12.6 Å². The van der Waals surface area contributed by atoms with Crippen LogP contribution >= 0.6 is 0 Å². The Hall–Kier alpha value is -1.67. The van der Waals surface area contributed by atoms with Crippen molar-refractivity contribution in [3.8, 4) is 0 Å². The third kappa shape index (κ3) is 5.27. The van der Waals surface area contributed by atoms with Crippen molar-refractivity contribution < 1.29 is 9.67 Å². The molecule has 0 aliphatic carbocycles. The largest absolute Gasteiger partial charge is 0.389 e. The van der Waals surface area contributed by atoms with Gasteiger partial charge in [0.05, 0.1) is 0 Å². The van der Waals surface area contributed by atoms with Gasteiger partial charge in [-0.25, -0.2) is 0 Å². The van der Waals surface area contributed by atoms with Gasteiger partial charge in [-0.2, -0.15) is 4.57 Å². The molecule has 0 radical (unpaired) electrons. The topological polar surface area (TPSA) is 24.1 Å². The molecule has 1 aromatic carbocycles. The van der Waals surface area contributed by atoms with E-state index in [9.17, 15) is 5.11 Å². The van der Waals surface area contributed by atoms with Crippen molar-refractivity contribution in [1.82, 2.24) is 0 Å². The van der Waals surface area contributed by atoms with E-state index in [0.717, 1.165) is 12.8 Å². The molecule has 1 unspecified atom stereocenters. The first kappa shape index (κ1) is 16.7. The average Bonchev–Trinajstić information content (AvgIpc) is 2.56. The molecule has 2 heteroatoms. The quantitative estimate of drug-likeness (QED) is 0.547. The smallest absolute Gasteiger partial charge is 0.181 e. The van der Waals surface area contributed by atoms with Crippen LogP contribution in [0.4, 0.5) is 0 Å². The molecule has 0 aliphatic heterocycles. The van der Waals surface area contributed by atoms with E-state index in [2.05, 4.69) is 60.3 Å². The van der Waals surface area contributed by atoms with Gasteiger partial charge in [0.25, 0.3) is 0 Å². The molecule has 1 atom stereocenters. The Kier molecular flexibility index (Phi) is 7.11. The summed E-state index contributed by atoms with van der Waals surface area (Å²) < 4.78 is 2.18. The maximum Gasteiger partial charge on any atom is 0.181 e. The fourth-order valence-electron chi connectivity index (χ4n) is 2.85. The van der Waals surface area contributed by atoms with Gasteiger partial charge in [0, 0.05) is 24.5 Å². The highest BCUT2D eigenvalue weighted by Crippen LogP contribution is 2.12. The van der Waals surface area contributed by atoms with Gasteiger partial charge in [0.1, 0.15) is 6.61 Å². The second-order valence-corrected chi connectivity index (χ2v) is 6.01. The van der Waals surface area contributed by atoms with Gasteiger partial charge in [-0.15, -0.1) is 0 Å². The molecule has 118 valence electrons. The number of aromatic nitrogens is 1. The zero-order valence-corrected chi connectivity index (χ0v) is 13.6. The highest BCUT2D eigenvalue weighted by atomic mass is 16.3. The first-order valence-electron chi connectivity index (χ1n) is 8.48. The molecule has 0 fully saturated rings. The van der Waals surface area contributed by atoms with Gasteiger partial charge in [0.15, 0.2) is 18.4 Å². The normalized spacial score (nSPS) is 12.3. The number of aliphatic hydroxyl groups is 1. The van der Waals surface area contributed by atoms with Crippen LogP contribution in [0.25, 0.3) is 0 Å². The molecule has 0 spiro atoms. The third-order valence-corrected chi connectivity index (χ3v) is 4.16. The lowest BCUT2D eigenvalue weighted by Crippen LogP contribution is -2.41. The molecule has 0 aliphatic rings. The number of pyridine rings is 1. The van der Waals surface area contributed by atoms with Crippen molar-refractivity contribution in [2.24, 2.45) is 0 Å². The molecule has 2 aromatic rings. The molecule has 1 N–H and O–H groups in total. The van der Waals surface area contributed by atoms with Crippen LogP contribution in [-0.2, 0) is 6.42 Å². The van der Waals surface area contributed by atoms with E-state index >= 15 is 0 Å². The minimum Gasteiger partial charge on any atom is -0.389 e. The van der Waals surface area contributed by atoms with Gasteiger partial charge >= 0.3 is 0 Å². The predicted octanol–water partition coefficient (Wildman–Crippen LogP) is 4.07. The lowest BCUT2D eigenvalue weighted by Gasteiger charge is -2.10. The highest BCUT2D eigenvalue weighted by Gasteiger charge is 2.17. The van der Waals surface area contributed by atoms with Crippen LogP contribution < -0.4 is 4.57 Å². The Bertz CT molecular complexity index is 538. The van der Waals surface area contributed by atoms with E-state index in [4.69, 9.17) is 0 Å². The van der Waals surface area contributed by atoms with Crippen molar-refractivity contribution in [2.75, 3.05) is 6.61 Å². The minimum absolute atomic E-state index is 0.201. The lowest BCUT2D eigenvalue weighted by atomic mass is 10.1. The number of rotatable bonds is 9. The molecule has 0 amide bonds. The van der Waals surface area contributed by atoms with Gasteiger partial charge in [-0.05, 0) is 18.1 Å². The standard InChI is InChI=1S/C20H28NO/c1-2-3-4-8-13-20(17-22)21-14-9-12-19(16-21)15-18-10-6-5-7-11-18/h5-7,9-12,14,16,20,22H,2-4,8,13,15,17H2,1H3/q+1. The van der Waals surface area contributed by atoms with Crippen LogP contribution in [0.1, 0.15) is 56.2 Å². The Labute approximate surface area is 134 Å². The minimum atomic E-state index is 0.201. The van der Waals surface area contributed by atoms with Crippen molar-refractivity contribution in [1.29, 1.82) is 0 Å². The molecular formula is C20H28NO+. The van der Waals surface area contributed by atoms with E-state index in [0.29, 0.717) is 0 Å². The Balaban J connectivity index is 1.99. The summed E-state index contributed by atoms with van der Waals surface area (Å²) in [6, 6.07) is 15.0. The SMILES string of the molecule is CCCCCCC(CO)[n+]1cccc(Cc2ccccc2)c1. The summed E-state index contributed by atoms with van der Waals surface area (Å²) in [5.41, 5.74) is 2.62. The molecule has 1 aromatic heterocycles. The molecule has 0 saturated carbocycles. The van der Waals surface area contributed by atoms with Crippen LogP contribution in [0.15, 0.2) is 54.9 Å². The van der Waals surface area contributed by atoms with Crippen LogP contribution in [0, 0.1) is 0 Å². The van der Waals surface area contributed by atoms with E-state index < -0.39 is 0 Å². The van der Waals surface area contributed by atoms with Crippen molar-refractivity contribution in [2.45, 2.75) is 51.5 Å². The van der Waals surface area contributed by atoms with Crippen molar-refractivity contribution in [3.63, 3.8) is 0 Å². The van der Waals surface area contributed by atoms with E-state index in [1.54, 1.807) is 0 Å². The number of benzene rings is 1. The zero-order valence-electron chi connectivity index (χ0n) is 13.6. The van der Waals surface area contributed by atoms with Gasteiger partial charge in [0.2, 0.25) is 0 Å². The second kappa shape index (κ2) is 9.37. The van der Waals surface area contributed by atoms with Crippen LogP contribution in [0.3, 0.4) is 0 Å². The third-order valence-electron chi connectivity index (χ3n) is 4.16. The van der Waals surface area contributed by atoms with Gasteiger partial charge < -0.3 is 5.11 Å². The maximum absolute atomic E-state index is 9.70. The predicted molar refractivity (Wildman–Crippen MR) is 90.8 cm³/mol. The fraction of sp³-hybridized carbons (Fsp3) is 0.450. The van der Waals surface area contributed by atoms with Gasteiger partial charge in [-0.1, -0.05) is 56.5 Å². The molecule has 0 bridgehead atoms. The Morgan fingerprint density at radius 3 is 2.45 bits per heavy atom. The summed E-state index contributed by atoms with van der Waals surface area (Å²) in [4.78, 5) is 0. The molecule has 2 nitrogen and oxygen atoms in total. The monoisotopic (exact) mass is 298 g/mol. The first-order valence-corrected chi connectivity index (χ1v) is 8.48. The molecule has 22 heavy (non-hydrogen) atoms. The molecule has 0 saturated heterocycles. The van der Waals surface area contributed by atoms with Crippen LogP contribution in [0.2, 0.25) is 0 Å². The van der Waals surface area contributed by atoms with E-state index in [1.807, 2.05) is 6.07 Å². The number of hydrogen-bond donors (Lipinski definition) is 1. The lowest BCUT2D eigenvalue weighted by molar-refractivity contribution is -0.725. The fourth-order valence-corrected chi connectivity index (χ4v) is 2.85. The Morgan fingerprint density at radius 1 is 0.955 bits per heavy atom. The average molecular weight is 298 g/mol.